The van der Waals surface area contributed by atoms with Crippen molar-refractivity contribution in [2.45, 2.75) is 120 Å². The largest absolute Gasteiger partial charge is 0.508 e. The average Bonchev–Trinajstić information content (AvgIpc) is 3.37. The quantitative estimate of drug-likeness (QED) is 0.00751. The Morgan fingerprint density at radius 1 is 0.618 bits per heavy atom. The van der Waals surface area contributed by atoms with E-state index in [1.807, 2.05) is 0 Å². The van der Waals surface area contributed by atoms with Gasteiger partial charge in [-0.2, -0.15) is 0 Å². The molecule has 0 aromatic heterocycles. The van der Waals surface area contributed by atoms with Crippen molar-refractivity contribution >= 4 is 59.2 Å². The maximum Gasteiger partial charge on any atom is 0.303 e. The zero-order valence-corrected chi connectivity index (χ0v) is 42.9. The summed E-state index contributed by atoms with van der Waals surface area (Å²) in [5.41, 5.74) is 30.5. The van der Waals surface area contributed by atoms with E-state index < -0.39 is 109 Å². The number of aliphatic carboxylic acids is 1. The first kappa shape index (κ1) is 66.6. The number of nitrogens with two attached hydrogens (primary N) is 4. The molecule has 30 nitrogen and oxygen atoms in total. The predicted molar refractivity (Wildman–Crippen MR) is 273 cm³/mol. The van der Waals surface area contributed by atoms with E-state index in [9.17, 15) is 58.5 Å². The number of carbonyl (C=O) groups is 9. The lowest BCUT2D eigenvalue weighted by Crippen LogP contribution is -2.60. The highest BCUT2D eigenvalue weighted by molar-refractivity contribution is 5.96. The van der Waals surface area contributed by atoms with Gasteiger partial charge in [0.25, 0.3) is 0 Å². The smallest absolute Gasteiger partial charge is 0.303 e. The topological polar surface area (TPSA) is 491 Å². The molecule has 0 heterocycles. The van der Waals surface area contributed by atoms with Crippen LogP contribution in [0.1, 0.15) is 83.1 Å². The molecule has 18 N–H and O–H groups in total. The fourth-order valence-corrected chi connectivity index (χ4v) is 6.88. The number of guanidine groups is 1. The Bertz CT molecular complexity index is 2060. The summed E-state index contributed by atoms with van der Waals surface area (Å²) in [6.45, 7) is 1.70. The third kappa shape index (κ3) is 31.4. The van der Waals surface area contributed by atoms with Crippen LogP contribution in [0.4, 0.5) is 0 Å². The van der Waals surface area contributed by atoms with Gasteiger partial charge in [0.05, 0.1) is 46.2 Å². The van der Waals surface area contributed by atoms with Gasteiger partial charge in [0.2, 0.25) is 47.3 Å². The molecule has 1 unspecified atom stereocenters. The van der Waals surface area contributed by atoms with Crippen molar-refractivity contribution in [3.05, 3.63) is 40.3 Å². The minimum atomic E-state index is -1.69. The molecule has 0 spiro atoms. The van der Waals surface area contributed by atoms with E-state index in [2.05, 4.69) is 52.2 Å². The van der Waals surface area contributed by atoms with Crippen molar-refractivity contribution in [2.24, 2.45) is 33.0 Å². The van der Waals surface area contributed by atoms with Crippen LogP contribution >= 0.6 is 0 Å². The molecule has 0 radical (unpaired) electrons. The second-order valence-electron chi connectivity index (χ2n) is 17.1. The molecule has 1 aromatic carbocycles. The second-order valence-corrected chi connectivity index (χ2v) is 17.1. The number of aliphatic hydroxyl groups excluding tert-OH is 1. The van der Waals surface area contributed by atoms with Gasteiger partial charge in [-0.25, -0.2) is 0 Å². The van der Waals surface area contributed by atoms with Crippen LogP contribution in [0.15, 0.2) is 34.4 Å². The van der Waals surface area contributed by atoms with E-state index in [-0.39, 0.29) is 103 Å². The summed E-state index contributed by atoms with van der Waals surface area (Å²) >= 11 is 0. The van der Waals surface area contributed by atoms with Crippen molar-refractivity contribution < 1.29 is 72.7 Å². The Morgan fingerprint density at radius 3 is 1.72 bits per heavy atom. The molecule has 6 atom stereocenters. The number of primary amides is 1. The van der Waals surface area contributed by atoms with Gasteiger partial charge in [0.15, 0.2) is 5.96 Å². The van der Waals surface area contributed by atoms with Gasteiger partial charge < -0.3 is 89.7 Å². The van der Waals surface area contributed by atoms with Gasteiger partial charge in [0, 0.05) is 50.7 Å². The van der Waals surface area contributed by atoms with E-state index >= 15 is 0 Å². The molecule has 0 fully saturated rings. The lowest BCUT2D eigenvalue weighted by atomic mass is 10.0. The number of hydrogen-bond donors (Lipinski definition) is 14. The highest BCUT2D eigenvalue weighted by atomic mass is 16.5. The Balaban J connectivity index is 2.86. The van der Waals surface area contributed by atoms with E-state index in [4.69, 9.17) is 42.7 Å². The second kappa shape index (κ2) is 40.0. The number of unbranched alkanes of at least 4 members (excludes halogenated alkanes) is 2. The molecule has 0 bridgehead atoms. The van der Waals surface area contributed by atoms with Gasteiger partial charge in [0.1, 0.15) is 42.0 Å². The number of rotatable bonds is 43. The van der Waals surface area contributed by atoms with Crippen LogP contribution < -0.4 is 60.2 Å². The Hall–Kier alpha value is -7.37. The number of phenols is 1. The van der Waals surface area contributed by atoms with E-state index in [0.29, 0.717) is 44.2 Å². The Labute approximate surface area is 439 Å². The summed E-state index contributed by atoms with van der Waals surface area (Å²) in [6, 6.07) is -2.35. The molecule has 426 valence electrons. The minimum Gasteiger partial charge on any atom is -0.508 e. The van der Waals surface area contributed by atoms with E-state index in [0.717, 1.165) is 0 Å². The molecule has 76 heavy (non-hydrogen) atoms. The number of carboxylic acids is 1. The highest BCUT2D eigenvalue weighted by Crippen LogP contribution is 2.13. The third-order valence-electron chi connectivity index (χ3n) is 10.8. The number of nitrogens with zero attached hydrogens (tertiary/aromatic N) is 4. The molecular formula is C46H77N15O15. The van der Waals surface area contributed by atoms with Crippen molar-refractivity contribution in [1.82, 2.24) is 37.2 Å². The molecule has 0 aliphatic heterocycles. The van der Waals surface area contributed by atoms with Crippen LogP contribution in [0.5, 0.6) is 5.75 Å². The van der Waals surface area contributed by atoms with Gasteiger partial charge in [-0.3, -0.25) is 48.1 Å². The molecule has 1 rings (SSSR count). The molecule has 0 saturated carbocycles. The summed E-state index contributed by atoms with van der Waals surface area (Å²) in [4.78, 5) is 122. The van der Waals surface area contributed by atoms with Crippen molar-refractivity contribution in [2.75, 3.05) is 72.4 Å². The van der Waals surface area contributed by atoms with Crippen LogP contribution in [0.2, 0.25) is 0 Å². The Kier molecular flexibility index (Phi) is 35.1. The number of benzene rings is 1. The normalized spacial score (nSPS) is 13.1. The zero-order valence-electron chi connectivity index (χ0n) is 42.9. The number of carboxylic acid groups (broad SMARTS) is 1. The first-order valence-electron chi connectivity index (χ1n) is 24.8. The lowest BCUT2D eigenvalue weighted by molar-refractivity contribution is -0.139. The number of amides is 8. The van der Waals surface area contributed by atoms with E-state index in [1.54, 1.807) is 0 Å². The number of nitrogens with one attached hydrogen (secondary N) is 7. The summed E-state index contributed by atoms with van der Waals surface area (Å²) in [5.74, 6) is -7.72. The Morgan fingerprint density at radius 2 is 1.14 bits per heavy atom. The molecule has 0 saturated heterocycles. The van der Waals surface area contributed by atoms with Crippen LogP contribution in [-0.4, -0.2) is 183 Å². The van der Waals surface area contributed by atoms with Crippen molar-refractivity contribution in [1.29, 1.82) is 0 Å². The average molecular weight is 1080 g/mol. The number of hydrogen-bond acceptors (Lipinski definition) is 17. The number of ether oxygens (including phenoxy) is 3. The molecular weight excluding hydrogens is 1000 g/mol. The first-order chi connectivity index (χ1) is 36.3. The SMILES string of the molecule is CC(=O)N[C@@H](CCCN=C(N)N)C(=O)N[C@@H](Cc1ccc(O)cc1)C(=O)N[C@@H](CCC(=O)O)C(=O)N[C@@H](CO)C(=O)N[C@@H](CCCCN)C(=O)NCCOCCOCCOCCC(=O)NC(CCCCN=[N+]=[N-])C(N)=O. The molecule has 8 amide bonds. The maximum absolute atomic E-state index is 14.0. The summed E-state index contributed by atoms with van der Waals surface area (Å²) < 4.78 is 16.4. The van der Waals surface area contributed by atoms with Crippen LogP contribution in [0, 0.1) is 0 Å². The van der Waals surface area contributed by atoms with Gasteiger partial charge in [-0.1, -0.05) is 23.7 Å². The third-order valence-corrected chi connectivity index (χ3v) is 10.8. The lowest BCUT2D eigenvalue weighted by Gasteiger charge is -2.27. The zero-order chi connectivity index (χ0) is 56.7. The number of azide groups is 1. The van der Waals surface area contributed by atoms with Gasteiger partial charge in [-0.05, 0) is 81.1 Å². The fourth-order valence-electron chi connectivity index (χ4n) is 6.88. The summed E-state index contributed by atoms with van der Waals surface area (Å²) in [7, 11) is 0. The van der Waals surface area contributed by atoms with Crippen LogP contribution in [0.3, 0.4) is 0 Å². The standard InChI is InChI=1S/C46H77N15O15/c1-29(63)55-34(9-6-18-53-46(49)50)42(70)59-36(27-30-10-12-31(64)13-11-30)44(72)58-35(14-15-39(66)67)43(71)60-37(28-62)45(73)57-33(8-2-4-17-47)41(69)52-20-22-75-24-26-76-25-23-74-21-16-38(65)56-32(40(48)68)7-3-5-19-54-61-51/h10-13,32-37,62,64H,2-9,14-28,47H2,1H3,(H2,48,68)(H,52,69)(H,55,63)(H,56,65)(H,57,73)(H,58,72)(H,59,70)(H,60,71)(H,66,67)(H4,49,50,53)/t32?,33-,34-,35-,36-,37-/m0/s1. The van der Waals surface area contributed by atoms with Gasteiger partial charge >= 0.3 is 5.97 Å². The van der Waals surface area contributed by atoms with E-state index in [1.165, 1.54) is 31.2 Å². The number of aromatic hydroxyl groups is 1. The fraction of sp³-hybridized carbons (Fsp3) is 0.652. The number of carbonyl (C=O) groups excluding carboxylic acids is 8. The molecule has 0 aliphatic rings. The molecule has 30 heteroatoms. The van der Waals surface area contributed by atoms with Crippen molar-refractivity contribution in [3.63, 3.8) is 0 Å². The minimum absolute atomic E-state index is 0.0149. The first-order valence-corrected chi connectivity index (χ1v) is 24.8. The summed E-state index contributed by atoms with van der Waals surface area (Å²) in [5, 5.41) is 50.5. The summed E-state index contributed by atoms with van der Waals surface area (Å²) in [6.07, 6.45) is 1.32. The van der Waals surface area contributed by atoms with Crippen LogP contribution in [0.25, 0.3) is 10.4 Å². The number of phenolic OH excluding ortho intramolecular Hbond substituents is 1. The van der Waals surface area contributed by atoms with Gasteiger partial charge in [-0.15, -0.1) is 0 Å². The monoisotopic (exact) mass is 1080 g/mol. The van der Waals surface area contributed by atoms with Crippen molar-refractivity contribution in [3.8, 4) is 5.75 Å². The predicted octanol–water partition coefficient (Wildman–Crippen LogP) is -3.57. The number of aliphatic imine (C=N–C) groups is 1. The highest BCUT2D eigenvalue weighted by Gasteiger charge is 2.33. The maximum atomic E-state index is 14.0. The molecule has 1 aromatic rings. The number of aliphatic hydroxyl groups is 1. The van der Waals surface area contributed by atoms with Crippen LogP contribution in [-0.2, 0) is 63.8 Å². The molecule has 0 aliphatic carbocycles.